The van der Waals surface area contributed by atoms with Crippen molar-refractivity contribution in [2.75, 3.05) is 0 Å². The Morgan fingerprint density at radius 2 is 1.41 bits per heavy atom. The lowest BCUT2D eigenvalue weighted by molar-refractivity contribution is -0.114. The van der Waals surface area contributed by atoms with Crippen molar-refractivity contribution < 1.29 is 9.59 Å². The topological polar surface area (TPSA) is 34.1 Å². The van der Waals surface area contributed by atoms with Gasteiger partial charge in [0.15, 0.2) is 11.6 Å². The Labute approximate surface area is 177 Å². The summed E-state index contributed by atoms with van der Waals surface area (Å²) in [5.41, 5.74) is 8.27. The second-order valence-electron chi connectivity index (χ2n) is 8.61. The fourth-order valence-electron chi connectivity index (χ4n) is 3.26. The first kappa shape index (κ1) is 24.8. The van der Waals surface area contributed by atoms with E-state index in [4.69, 9.17) is 0 Å². The minimum Gasteiger partial charge on any atom is -0.290 e. The zero-order chi connectivity index (χ0) is 22.0. The van der Waals surface area contributed by atoms with Crippen molar-refractivity contribution in [2.24, 2.45) is 0 Å². The molecule has 0 radical (unpaired) electrons. The fraction of sp³-hybridized carbons (Fsp3) is 0.481. The van der Waals surface area contributed by atoms with E-state index in [1.807, 2.05) is 0 Å². The molecular weight excluding hydrogens is 356 g/mol. The first-order valence-electron chi connectivity index (χ1n) is 10.7. The monoisotopic (exact) mass is 394 g/mol. The highest BCUT2D eigenvalue weighted by Gasteiger charge is 2.19. The summed E-state index contributed by atoms with van der Waals surface area (Å²) in [6, 6.07) is 0. The maximum absolute atomic E-state index is 12.4. The highest BCUT2D eigenvalue weighted by molar-refractivity contribution is 6.19. The van der Waals surface area contributed by atoms with Crippen molar-refractivity contribution >= 4 is 11.6 Å². The van der Waals surface area contributed by atoms with Crippen molar-refractivity contribution in [1.82, 2.24) is 0 Å². The van der Waals surface area contributed by atoms with Gasteiger partial charge in [0.25, 0.3) is 0 Å². The molecule has 0 amide bonds. The van der Waals surface area contributed by atoms with E-state index in [1.165, 1.54) is 46.1 Å². The maximum Gasteiger partial charge on any atom is 0.186 e. The van der Waals surface area contributed by atoms with Crippen LogP contribution in [0, 0.1) is 0 Å². The summed E-state index contributed by atoms with van der Waals surface area (Å²) in [6.45, 7) is 14.9. The Kier molecular flexibility index (Phi) is 10.6. The molecule has 1 rings (SSSR count). The van der Waals surface area contributed by atoms with Gasteiger partial charge in [-0.3, -0.25) is 9.59 Å². The molecule has 0 aromatic rings. The Morgan fingerprint density at radius 3 is 2.03 bits per heavy atom. The number of hydrogen-bond donors (Lipinski definition) is 0. The largest absolute Gasteiger partial charge is 0.290 e. The van der Waals surface area contributed by atoms with Crippen molar-refractivity contribution in [3.63, 3.8) is 0 Å². The van der Waals surface area contributed by atoms with E-state index >= 15 is 0 Å². The number of allylic oxidation sites excluding steroid dienone is 12. The van der Waals surface area contributed by atoms with Crippen LogP contribution in [-0.2, 0) is 9.59 Å². The number of ketones is 2. The third-order valence-corrected chi connectivity index (χ3v) is 5.50. The van der Waals surface area contributed by atoms with Crippen LogP contribution in [0.25, 0.3) is 0 Å². The molecule has 0 spiro atoms. The average Bonchev–Trinajstić information content (AvgIpc) is 2.63. The third kappa shape index (κ3) is 9.21. The van der Waals surface area contributed by atoms with Crippen LogP contribution in [0.3, 0.4) is 0 Å². The second-order valence-corrected chi connectivity index (χ2v) is 8.61. The maximum atomic E-state index is 12.4. The smallest absolute Gasteiger partial charge is 0.186 e. The second kappa shape index (κ2) is 12.4. The molecule has 0 heterocycles. The average molecular weight is 395 g/mol. The molecule has 1 aliphatic rings. The lowest BCUT2D eigenvalue weighted by Crippen LogP contribution is -2.11. The first-order chi connectivity index (χ1) is 13.6. The summed E-state index contributed by atoms with van der Waals surface area (Å²) in [5.74, 6) is -0.152. The molecule has 0 N–H and O–H groups in total. The predicted molar refractivity (Wildman–Crippen MR) is 125 cm³/mol. The molecule has 29 heavy (non-hydrogen) atoms. The van der Waals surface area contributed by atoms with Crippen LogP contribution in [-0.4, -0.2) is 11.6 Å². The van der Waals surface area contributed by atoms with E-state index < -0.39 is 0 Å². The zero-order valence-corrected chi connectivity index (χ0v) is 19.4. The summed E-state index contributed by atoms with van der Waals surface area (Å²) in [5, 5.41) is 0. The molecular formula is C27H38O2. The number of carbonyl (C=O) groups is 2. The van der Waals surface area contributed by atoms with Gasteiger partial charge in [0, 0.05) is 5.57 Å². The minimum atomic E-state index is -0.0983. The zero-order valence-electron chi connectivity index (χ0n) is 19.4. The Hall–Kier alpha value is -2.22. The molecule has 158 valence electrons. The SMILES string of the molecule is CC(C)=CCC/C(C)=C/CC/C(C)=C(\CCC(C)=C(C)C)C1=CC(=O)C=CC1=O. The van der Waals surface area contributed by atoms with Crippen LogP contribution < -0.4 is 0 Å². The Morgan fingerprint density at radius 1 is 0.759 bits per heavy atom. The van der Waals surface area contributed by atoms with Crippen LogP contribution in [0.1, 0.15) is 87.0 Å². The van der Waals surface area contributed by atoms with Crippen molar-refractivity contribution in [2.45, 2.75) is 87.0 Å². The van der Waals surface area contributed by atoms with E-state index in [0.29, 0.717) is 5.57 Å². The molecule has 0 aromatic carbocycles. The summed E-state index contributed by atoms with van der Waals surface area (Å²) in [6.07, 6.45) is 14.6. The lowest BCUT2D eigenvalue weighted by atomic mass is 9.87. The van der Waals surface area contributed by atoms with Crippen LogP contribution in [0.5, 0.6) is 0 Å². The molecule has 0 bridgehead atoms. The van der Waals surface area contributed by atoms with Gasteiger partial charge in [0.05, 0.1) is 0 Å². The normalized spacial score (nSPS) is 15.1. The quantitative estimate of drug-likeness (QED) is 0.283. The molecule has 0 aliphatic heterocycles. The van der Waals surface area contributed by atoms with E-state index in [-0.39, 0.29) is 11.6 Å². The van der Waals surface area contributed by atoms with E-state index in [0.717, 1.165) is 44.1 Å². The van der Waals surface area contributed by atoms with Gasteiger partial charge in [0.1, 0.15) is 0 Å². The highest BCUT2D eigenvalue weighted by Crippen LogP contribution is 2.28. The summed E-state index contributed by atoms with van der Waals surface area (Å²) in [4.78, 5) is 24.3. The van der Waals surface area contributed by atoms with Gasteiger partial charge in [-0.15, -0.1) is 0 Å². The predicted octanol–water partition coefficient (Wildman–Crippen LogP) is 7.55. The first-order valence-corrected chi connectivity index (χ1v) is 10.7. The summed E-state index contributed by atoms with van der Waals surface area (Å²) in [7, 11) is 0. The molecule has 0 unspecified atom stereocenters. The Balaban J connectivity index is 2.96. The van der Waals surface area contributed by atoms with Gasteiger partial charge in [-0.25, -0.2) is 0 Å². The number of rotatable bonds is 10. The van der Waals surface area contributed by atoms with Crippen molar-refractivity contribution in [1.29, 1.82) is 0 Å². The van der Waals surface area contributed by atoms with E-state index in [1.54, 1.807) is 0 Å². The molecule has 0 saturated heterocycles. The van der Waals surface area contributed by atoms with Gasteiger partial charge in [0.2, 0.25) is 0 Å². The summed E-state index contributed by atoms with van der Waals surface area (Å²) >= 11 is 0. The molecule has 0 fully saturated rings. The van der Waals surface area contributed by atoms with Gasteiger partial charge >= 0.3 is 0 Å². The van der Waals surface area contributed by atoms with Crippen molar-refractivity contribution in [3.05, 3.63) is 69.4 Å². The number of carbonyl (C=O) groups excluding carboxylic acids is 2. The van der Waals surface area contributed by atoms with Gasteiger partial charge in [-0.05, 0) is 111 Å². The molecule has 0 atom stereocenters. The molecule has 0 aromatic heterocycles. The van der Waals surface area contributed by atoms with Crippen LogP contribution in [0.4, 0.5) is 0 Å². The van der Waals surface area contributed by atoms with Gasteiger partial charge < -0.3 is 0 Å². The lowest BCUT2D eigenvalue weighted by Gasteiger charge is -2.17. The van der Waals surface area contributed by atoms with E-state index in [2.05, 4.69) is 60.6 Å². The van der Waals surface area contributed by atoms with Crippen LogP contribution in [0.2, 0.25) is 0 Å². The fourth-order valence-corrected chi connectivity index (χ4v) is 3.26. The molecule has 0 saturated carbocycles. The minimum absolute atomic E-state index is 0.0535. The Bertz CT molecular complexity index is 799. The number of hydrogen-bond acceptors (Lipinski definition) is 2. The summed E-state index contributed by atoms with van der Waals surface area (Å²) < 4.78 is 0. The molecule has 2 heteroatoms. The molecule has 1 aliphatic carbocycles. The molecule has 2 nitrogen and oxygen atoms in total. The van der Waals surface area contributed by atoms with Gasteiger partial charge in [-0.2, -0.15) is 0 Å². The highest BCUT2D eigenvalue weighted by atomic mass is 16.1. The standard InChI is InChI=1S/C27H38O2/c1-19(2)10-8-11-21(5)12-9-13-23(7)25(16-14-22(6)20(3)4)26-18-24(28)15-17-27(26)29/h10,12,15,17-18H,8-9,11,13-14,16H2,1-7H3/b21-12+,25-23+. The van der Waals surface area contributed by atoms with Crippen LogP contribution >= 0.6 is 0 Å². The van der Waals surface area contributed by atoms with Gasteiger partial charge in [-0.1, -0.05) is 40.0 Å². The van der Waals surface area contributed by atoms with E-state index in [9.17, 15) is 9.59 Å². The van der Waals surface area contributed by atoms with Crippen molar-refractivity contribution in [3.8, 4) is 0 Å². The third-order valence-electron chi connectivity index (χ3n) is 5.50. The van der Waals surface area contributed by atoms with Crippen LogP contribution in [0.15, 0.2) is 69.4 Å².